The summed E-state index contributed by atoms with van der Waals surface area (Å²) in [6.07, 6.45) is 1.27. The molecule has 1 fully saturated rings. The zero-order chi connectivity index (χ0) is 21.1. The Kier molecular flexibility index (Phi) is 5.97. The molecule has 1 aliphatic heterocycles. The fourth-order valence-electron chi connectivity index (χ4n) is 3.74. The predicted octanol–water partition coefficient (Wildman–Crippen LogP) is 3.17. The van der Waals surface area contributed by atoms with Gasteiger partial charge in [-0.25, -0.2) is 0 Å². The highest BCUT2D eigenvalue weighted by atomic mass is 16.5. The second-order valence-electron chi connectivity index (χ2n) is 7.82. The van der Waals surface area contributed by atoms with Crippen molar-refractivity contribution in [3.8, 4) is 0 Å². The van der Waals surface area contributed by atoms with Crippen molar-refractivity contribution in [3.63, 3.8) is 0 Å². The van der Waals surface area contributed by atoms with E-state index in [2.05, 4.69) is 10.2 Å². The van der Waals surface area contributed by atoms with Gasteiger partial charge >= 0.3 is 0 Å². The Morgan fingerprint density at radius 1 is 1.07 bits per heavy atom. The van der Waals surface area contributed by atoms with E-state index < -0.39 is 5.91 Å². The van der Waals surface area contributed by atoms with Crippen LogP contribution in [0.15, 0.2) is 51.9 Å². The van der Waals surface area contributed by atoms with Gasteiger partial charge in [-0.05, 0) is 36.6 Å². The van der Waals surface area contributed by atoms with Crippen LogP contribution in [-0.4, -0.2) is 37.1 Å². The lowest BCUT2D eigenvalue weighted by atomic mass is 10.0. The van der Waals surface area contributed by atoms with Crippen molar-refractivity contribution in [3.05, 3.63) is 80.7 Å². The lowest BCUT2D eigenvalue weighted by Gasteiger charge is -2.26. The molecular formula is C24H26N2O4. The van der Waals surface area contributed by atoms with Gasteiger partial charge < -0.3 is 14.5 Å². The molecule has 1 aliphatic rings. The highest BCUT2D eigenvalue weighted by molar-refractivity contribution is 5.97. The number of carbonyl (C=O) groups is 1. The maximum Gasteiger partial charge on any atom is 0.258 e. The number of amides is 1. The number of benzene rings is 2. The van der Waals surface area contributed by atoms with E-state index in [4.69, 9.17) is 9.15 Å². The van der Waals surface area contributed by atoms with Crippen molar-refractivity contribution >= 4 is 16.9 Å². The Bertz CT molecular complexity index is 1110. The molecule has 0 atom stereocenters. The summed E-state index contributed by atoms with van der Waals surface area (Å²) in [6, 6.07) is 11.8. The average Bonchev–Trinajstić information content (AvgIpc) is 2.75. The van der Waals surface area contributed by atoms with Crippen LogP contribution < -0.4 is 10.7 Å². The summed E-state index contributed by atoms with van der Waals surface area (Å²) in [6.45, 7) is 8.21. The molecule has 6 heteroatoms. The van der Waals surface area contributed by atoms with E-state index in [1.807, 2.05) is 50.2 Å². The van der Waals surface area contributed by atoms with Gasteiger partial charge in [-0.15, -0.1) is 0 Å². The fraction of sp³-hybridized carbons (Fsp3) is 0.333. The van der Waals surface area contributed by atoms with Gasteiger partial charge in [0.05, 0.1) is 18.6 Å². The molecule has 156 valence electrons. The minimum Gasteiger partial charge on any atom is -0.463 e. The van der Waals surface area contributed by atoms with Gasteiger partial charge in [0.15, 0.2) is 0 Å². The minimum atomic E-state index is -0.428. The van der Waals surface area contributed by atoms with Crippen molar-refractivity contribution in [1.82, 2.24) is 10.2 Å². The number of nitrogens with one attached hydrogen (secondary N) is 1. The molecule has 0 aliphatic carbocycles. The van der Waals surface area contributed by atoms with Gasteiger partial charge in [0.2, 0.25) is 5.43 Å². The highest BCUT2D eigenvalue weighted by Crippen LogP contribution is 2.20. The van der Waals surface area contributed by atoms with Gasteiger partial charge in [-0.3, -0.25) is 14.5 Å². The Morgan fingerprint density at radius 3 is 2.53 bits per heavy atom. The summed E-state index contributed by atoms with van der Waals surface area (Å²) in [7, 11) is 0. The molecule has 0 spiro atoms. The van der Waals surface area contributed by atoms with Gasteiger partial charge in [-0.1, -0.05) is 35.9 Å². The maximum atomic E-state index is 13.1. The van der Waals surface area contributed by atoms with E-state index in [-0.39, 0.29) is 11.0 Å². The van der Waals surface area contributed by atoms with Crippen LogP contribution in [-0.2, 0) is 17.8 Å². The number of hydrogen-bond donors (Lipinski definition) is 1. The van der Waals surface area contributed by atoms with E-state index >= 15 is 0 Å². The number of aryl methyl sites for hydroxylation is 2. The van der Waals surface area contributed by atoms with E-state index in [1.54, 1.807) is 0 Å². The van der Waals surface area contributed by atoms with Crippen LogP contribution in [0.25, 0.3) is 11.0 Å². The van der Waals surface area contributed by atoms with Crippen LogP contribution in [0.4, 0.5) is 0 Å². The second kappa shape index (κ2) is 8.81. The Morgan fingerprint density at radius 2 is 1.80 bits per heavy atom. The van der Waals surface area contributed by atoms with Gasteiger partial charge in [0, 0.05) is 26.2 Å². The molecular weight excluding hydrogens is 380 g/mol. The lowest BCUT2D eigenvalue weighted by molar-refractivity contribution is 0.0342. The van der Waals surface area contributed by atoms with E-state index in [0.29, 0.717) is 17.5 Å². The van der Waals surface area contributed by atoms with Crippen molar-refractivity contribution in [2.45, 2.75) is 26.9 Å². The standard InChI is InChI=1S/C24H26N2O4/c1-16-3-5-18(6-4-16)13-25-24(28)21-15-30-23-17(2)11-19(12-20(23)22(21)27)14-26-7-9-29-10-8-26/h3-6,11-12,15H,7-10,13-14H2,1-2H3,(H,25,28). The van der Waals surface area contributed by atoms with Crippen LogP contribution in [0, 0.1) is 13.8 Å². The molecule has 1 aromatic heterocycles. The van der Waals surface area contributed by atoms with E-state index in [1.165, 1.54) is 6.26 Å². The highest BCUT2D eigenvalue weighted by Gasteiger charge is 2.17. The molecule has 0 radical (unpaired) electrons. The van der Waals surface area contributed by atoms with Crippen molar-refractivity contribution in [2.75, 3.05) is 26.3 Å². The second-order valence-corrected chi connectivity index (χ2v) is 7.82. The molecule has 3 aromatic rings. The Hall–Kier alpha value is -2.96. The lowest BCUT2D eigenvalue weighted by Crippen LogP contribution is -2.35. The van der Waals surface area contributed by atoms with E-state index in [0.717, 1.165) is 55.1 Å². The third-order valence-corrected chi connectivity index (χ3v) is 5.45. The Labute approximate surface area is 175 Å². The molecule has 1 N–H and O–H groups in total. The van der Waals surface area contributed by atoms with Crippen LogP contribution in [0.1, 0.15) is 32.6 Å². The summed E-state index contributed by atoms with van der Waals surface area (Å²) in [4.78, 5) is 28.0. The number of ether oxygens (including phenoxy) is 1. The van der Waals surface area contributed by atoms with Crippen molar-refractivity contribution in [2.24, 2.45) is 0 Å². The molecule has 30 heavy (non-hydrogen) atoms. The van der Waals surface area contributed by atoms with Gasteiger partial charge in [0.25, 0.3) is 5.91 Å². The maximum absolute atomic E-state index is 13.1. The zero-order valence-electron chi connectivity index (χ0n) is 17.4. The van der Waals surface area contributed by atoms with Crippen LogP contribution in [0.3, 0.4) is 0 Å². The largest absolute Gasteiger partial charge is 0.463 e. The summed E-state index contributed by atoms with van der Waals surface area (Å²) in [5.41, 5.74) is 4.31. The molecule has 0 bridgehead atoms. The summed E-state index contributed by atoms with van der Waals surface area (Å²) in [5, 5.41) is 3.26. The molecule has 6 nitrogen and oxygen atoms in total. The first-order valence-corrected chi connectivity index (χ1v) is 10.2. The zero-order valence-corrected chi connectivity index (χ0v) is 17.4. The number of hydrogen-bond acceptors (Lipinski definition) is 5. The molecule has 1 saturated heterocycles. The molecule has 0 saturated carbocycles. The quantitative estimate of drug-likeness (QED) is 0.705. The number of morpholine rings is 1. The van der Waals surface area contributed by atoms with E-state index in [9.17, 15) is 9.59 Å². The van der Waals surface area contributed by atoms with Crippen LogP contribution >= 0.6 is 0 Å². The van der Waals surface area contributed by atoms with Gasteiger partial charge in [-0.2, -0.15) is 0 Å². The molecule has 2 aromatic carbocycles. The normalized spacial score (nSPS) is 14.7. The summed E-state index contributed by atoms with van der Waals surface area (Å²) in [5.74, 6) is -0.428. The first-order chi connectivity index (χ1) is 14.5. The van der Waals surface area contributed by atoms with Crippen molar-refractivity contribution < 1.29 is 13.9 Å². The first kappa shape index (κ1) is 20.3. The number of rotatable bonds is 5. The molecule has 1 amide bonds. The number of nitrogens with zero attached hydrogens (tertiary/aromatic N) is 1. The summed E-state index contributed by atoms with van der Waals surface area (Å²) < 4.78 is 11.1. The third kappa shape index (κ3) is 4.45. The fourth-order valence-corrected chi connectivity index (χ4v) is 3.74. The monoisotopic (exact) mass is 406 g/mol. The molecule has 4 rings (SSSR count). The molecule has 2 heterocycles. The topological polar surface area (TPSA) is 71.8 Å². The summed E-state index contributed by atoms with van der Waals surface area (Å²) >= 11 is 0. The smallest absolute Gasteiger partial charge is 0.258 e. The first-order valence-electron chi connectivity index (χ1n) is 10.2. The van der Waals surface area contributed by atoms with Crippen LogP contribution in [0.2, 0.25) is 0 Å². The molecule has 0 unspecified atom stereocenters. The van der Waals surface area contributed by atoms with Crippen LogP contribution in [0.5, 0.6) is 0 Å². The average molecular weight is 406 g/mol. The minimum absolute atomic E-state index is 0.0255. The number of carbonyl (C=O) groups excluding carboxylic acids is 1. The SMILES string of the molecule is Cc1ccc(CNC(=O)c2coc3c(C)cc(CN4CCOCC4)cc3c2=O)cc1. The van der Waals surface area contributed by atoms with Gasteiger partial charge in [0.1, 0.15) is 17.4 Å². The predicted molar refractivity (Wildman–Crippen MR) is 116 cm³/mol. The number of fused-ring (bicyclic) bond motifs is 1. The Balaban J connectivity index is 1.57. The van der Waals surface area contributed by atoms with Crippen molar-refractivity contribution in [1.29, 1.82) is 0 Å². The third-order valence-electron chi connectivity index (χ3n) is 5.45.